The zero-order valence-corrected chi connectivity index (χ0v) is 21.2. The maximum Gasteiger partial charge on any atom is 0.316 e. The lowest BCUT2D eigenvalue weighted by atomic mass is 9.67. The van der Waals surface area contributed by atoms with E-state index >= 15 is 0 Å². The van der Waals surface area contributed by atoms with Crippen LogP contribution < -0.4 is 5.32 Å². The van der Waals surface area contributed by atoms with Gasteiger partial charge < -0.3 is 14.7 Å². The molecule has 0 amide bonds. The lowest BCUT2D eigenvalue weighted by molar-refractivity contribution is 0.267. The van der Waals surface area contributed by atoms with Gasteiger partial charge in [0.25, 0.3) is 0 Å². The van der Waals surface area contributed by atoms with E-state index in [1.165, 1.54) is 67.4 Å². The van der Waals surface area contributed by atoms with Crippen LogP contribution in [0.1, 0.15) is 68.9 Å². The fraction of sp³-hybridized carbons (Fsp3) is 0.538. The molecule has 2 N–H and O–H groups in total. The number of benzene rings is 2. The molecule has 7 heteroatoms. The standard InChI is InChI=1S/C26H37FNO3PS/c27-24-11-9-23(10-12-24)26(15-2-1-3-16-26)17-4-5-20-33-25-13-7-22(8-14-25)21-28-18-6-19-31-32(29)30/h7-14,28,32H,1-6,15-21H2,(H,29,30). The molecule has 0 radical (unpaired) electrons. The molecule has 33 heavy (non-hydrogen) atoms. The Morgan fingerprint density at radius 2 is 1.73 bits per heavy atom. The third-order valence-electron chi connectivity index (χ3n) is 6.56. The second-order valence-electron chi connectivity index (χ2n) is 8.94. The molecule has 2 aromatic carbocycles. The van der Waals surface area contributed by atoms with Gasteiger partial charge in [0, 0.05) is 11.4 Å². The van der Waals surface area contributed by atoms with E-state index in [2.05, 4.69) is 34.1 Å². The summed E-state index contributed by atoms with van der Waals surface area (Å²) >= 11 is 1.91. The van der Waals surface area contributed by atoms with Gasteiger partial charge in [-0.25, -0.2) is 4.39 Å². The molecule has 182 valence electrons. The molecule has 1 aliphatic rings. The molecule has 0 bridgehead atoms. The largest absolute Gasteiger partial charge is 0.326 e. The average molecular weight is 494 g/mol. The summed E-state index contributed by atoms with van der Waals surface area (Å²) in [4.78, 5) is 9.92. The molecule has 0 spiro atoms. The maximum atomic E-state index is 13.4. The van der Waals surface area contributed by atoms with Crippen molar-refractivity contribution in [3.8, 4) is 0 Å². The van der Waals surface area contributed by atoms with Crippen molar-refractivity contribution in [3.05, 3.63) is 65.5 Å². The summed E-state index contributed by atoms with van der Waals surface area (Å²) in [6.07, 6.45) is 10.7. The third-order valence-corrected chi connectivity index (χ3v) is 8.11. The Morgan fingerprint density at radius 1 is 1.00 bits per heavy atom. The van der Waals surface area contributed by atoms with Gasteiger partial charge in [-0.3, -0.25) is 4.57 Å². The van der Waals surface area contributed by atoms with Crippen molar-refractivity contribution < 1.29 is 18.4 Å². The van der Waals surface area contributed by atoms with Crippen LogP contribution in [0.25, 0.3) is 0 Å². The van der Waals surface area contributed by atoms with Gasteiger partial charge in [-0.15, -0.1) is 11.8 Å². The Bertz CT molecular complexity index is 842. The Hall–Kier alpha value is -1.17. The topological polar surface area (TPSA) is 58.6 Å². The van der Waals surface area contributed by atoms with Crippen molar-refractivity contribution >= 4 is 20.0 Å². The fourth-order valence-corrected chi connectivity index (χ4v) is 6.00. The van der Waals surface area contributed by atoms with E-state index in [-0.39, 0.29) is 11.2 Å². The minimum Gasteiger partial charge on any atom is -0.326 e. The summed E-state index contributed by atoms with van der Waals surface area (Å²) in [6.45, 7) is 1.84. The second kappa shape index (κ2) is 14.3. The number of rotatable bonds is 14. The summed E-state index contributed by atoms with van der Waals surface area (Å²) in [5, 5.41) is 3.33. The first kappa shape index (κ1) is 26.4. The molecule has 0 aromatic heterocycles. The van der Waals surface area contributed by atoms with Crippen LogP contribution in [0.2, 0.25) is 0 Å². The lowest BCUT2D eigenvalue weighted by Crippen LogP contribution is -2.29. The molecule has 1 unspecified atom stereocenters. The highest BCUT2D eigenvalue weighted by Crippen LogP contribution is 2.43. The summed E-state index contributed by atoms with van der Waals surface area (Å²) in [7, 11) is -2.81. The summed E-state index contributed by atoms with van der Waals surface area (Å²) < 4.78 is 28.6. The van der Waals surface area contributed by atoms with Crippen molar-refractivity contribution in [1.82, 2.24) is 5.32 Å². The molecule has 4 nitrogen and oxygen atoms in total. The maximum absolute atomic E-state index is 13.4. The highest BCUT2D eigenvalue weighted by molar-refractivity contribution is 7.99. The van der Waals surface area contributed by atoms with E-state index < -0.39 is 8.25 Å². The van der Waals surface area contributed by atoms with Crippen LogP contribution in [-0.2, 0) is 21.0 Å². The SMILES string of the molecule is O=[PH](O)OCCCNCc1ccc(SCCCCC2(c3ccc(F)cc3)CCCCC2)cc1. The van der Waals surface area contributed by atoms with Crippen molar-refractivity contribution in [1.29, 1.82) is 0 Å². The Balaban J connectivity index is 1.35. The highest BCUT2D eigenvalue weighted by atomic mass is 32.2. The Labute approximate surface area is 202 Å². The molecule has 1 saturated carbocycles. The molecule has 1 aliphatic carbocycles. The van der Waals surface area contributed by atoms with E-state index in [4.69, 9.17) is 4.89 Å². The first-order valence-corrected chi connectivity index (χ1v) is 14.4. The molecule has 0 saturated heterocycles. The Morgan fingerprint density at radius 3 is 2.42 bits per heavy atom. The van der Waals surface area contributed by atoms with Crippen LogP contribution in [0.4, 0.5) is 4.39 Å². The van der Waals surface area contributed by atoms with Gasteiger partial charge in [-0.2, -0.15) is 0 Å². The van der Waals surface area contributed by atoms with Crippen molar-refractivity contribution in [2.24, 2.45) is 0 Å². The summed E-state index contributed by atoms with van der Waals surface area (Å²) in [5.74, 6) is 0.973. The van der Waals surface area contributed by atoms with Crippen LogP contribution in [0.15, 0.2) is 53.4 Å². The molecule has 1 fully saturated rings. The zero-order valence-electron chi connectivity index (χ0n) is 19.4. The van der Waals surface area contributed by atoms with Crippen molar-refractivity contribution in [2.75, 3.05) is 18.9 Å². The minimum atomic E-state index is -2.81. The predicted octanol–water partition coefficient (Wildman–Crippen LogP) is 6.87. The number of thioether (sulfide) groups is 1. The summed E-state index contributed by atoms with van der Waals surface area (Å²) in [5.41, 5.74) is 2.81. The third kappa shape index (κ3) is 9.18. The van der Waals surface area contributed by atoms with Crippen molar-refractivity contribution in [2.45, 2.75) is 74.6 Å². The van der Waals surface area contributed by atoms with Gasteiger partial charge in [0.2, 0.25) is 0 Å². The van der Waals surface area contributed by atoms with Gasteiger partial charge >= 0.3 is 8.25 Å². The van der Waals surface area contributed by atoms with Gasteiger partial charge in [0.15, 0.2) is 0 Å². The molecule has 1 atom stereocenters. The number of nitrogens with one attached hydrogen (secondary N) is 1. The van der Waals surface area contributed by atoms with E-state index in [1.807, 2.05) is 23.9 Å². The summed E-state index contributed by atoms with van der Waals surface area (Å²) in [6, 6.07) is 15.9. The normalized spacial score (nSPS) is 16.5. The van der Waals surface area contributed by atoms with Gasteiger partial charge in [-0.05, 0) is 85.2 Å². The lowest BCUT2D eigenvalue weighted by Gasteiger charge is -2.38. The van der Waals surface area contributed by atoms with Crippen LogP contribution >= 0.6 is 20.0 Å². The van der Waals surface area contributed by atoms with Crippen LogP contribution in [-0.4, -0.2) is 23.8 Å². The first-order valence-electron chi connectivity index (χ1n) is 12.1. The quantitative estimate of drug-likeness (QED) is 0.171. The molecular formula is C26H37FNO3PS. The van der Waals surface area contributed by atoms with Gasteiger partial charge in [-0.1, -0.05) is 49.9 Å². The first-order chi connectivity index (χ1) is 16.1. The van der Waals surface area contributed by atoms with Gasteiger partial charge in [0.05, 0.1) is 6.61 Å². The van der Waals surface area contributed by atoms with E-state index in [1.54, 1.807) is 12.1 Å². The molecule has 3 rings (SSSR count). The van der Waals surface area contributed by atoms with E-state index in [0.717, 1.165) is 18.8 Å². The van der Waals surface area contributed by atoms with Crippen LogP contribution in [0.3, 0.4) is 0 Å². The van der Waals surface area contributed by atoms with Crippen LogP contribution in [0, 0.1) is 5.82 Å². The zero-order chi connectivity index (χ0) is 23.4. The number of halogens is 1. The molecular weight excluding hydrogens is 456 g/mol. The second-order valence-corrected chi connectivity index (χ2v) is 10.9. The Kier molecular flexibility index (Phi) is 11.4. The van der Waals surface area contributed by atoms with Gasteiger partial charge in [0.1, 0.15) is 5.82 Å². The molecule has 2 aromatic rings. The minimum absolute atomic E-state index is 0.143. The van der Waals surface area contributed by atoms with E-state index in [0.29, 0.717) is 13.0 Å². The molecule has 0 heterocycles. The molecule has 0 aliphatic heterocycles. The van der Waals surface area contributed by atoms with E-state index in [9.17, 15) is 8.96 Å². The number of hydrogen-bond acceptors (Lipinski definition) is 4. The predicted molar refractivity (Wildman–Crippen MR) is 136 cm³/mol. The average Bonchev–Trinajstić information content (AvgIpc) is 2.83. The monoisotopic (exact) mass is 493 g/mol. The number of hydrogen-bond donors (Lipinski definition) is 2. The smallest absolute Gasteiger partial charge is 0.316 e. The van der Waals surface area contributed by atoms with Crippen molar-refractivity contribution in [3.63, 3.8) is 0 Å². The fourth-order valence-electron chi connectivity index (χ4n) is 4.76. The number of unbranched alkanes of at least 4 members (excludes halogenated alkanes) is 1. The van der Waals surface area contributed by atoms with Crippen LogP contribution in [0.5, 0.6) is 0 Å². The highest BCUT2D eigenvalue weighted by Gasteiger charge is 2.33.